The smallest absolute Gasteiger partial charge is 0.445 e. The maximum atomic E-state index is 11.9. The molecule has 0 radical (unpaired) electrons. The van der Waals surface area contributed by atoms with Crippen LogP contribution in [0.2, 0.25) is 0 Å². The lowest BCUT2D eigenvalue weighted by Crippen LogP contribution is -2.16. The summed E-state index contributed by atoms with van der Waals surface area (Å²) in [5, 5.41) is 0. The van der Waals surface area contributed by atoms with E-state index in [1.807, 2.05) is 0 Å². The van der Waals surface area contributed by atoms with Gasteiger partial charge in [0, 0.05) is 6.08 Å². The van der Waals surface area contributed by atoms with Gasteiger partial charge >= 0.3 is 6.36 Å². The number of ether oxygens (including phenoxy) is 1. The highest BCUT2D eigenvalue weighted by atomic mass is 19.4. The minimum Gasteiger partial charge on any atom is -0.445 e. The largest absolute Gasteiger partial charge is 0.573 e. The molecule has 3 nitrogen and oxygen atoms in total. The highest BCUT2D eigenvalue weighted by Gasteiger charge is 2.30. The first-order valence-corrected chi connectivity index (χ1v) is 4.96. The van der Waals surface area contributed by atoms with Crippen molar-refractivity contribution in [3.63, 3.8) is 0 Å². The van der Waals surface area contributed by atoms with Crippen molar-refractivity contribution in [2.24, 2.45) is 0 Å². The molecule has 0 unspecified atom stereocenters. The Labute approximate surface area is 101 Å². The van der Waals surface area contributed by atoms with Gasteiger partial charge in [-0.3, -0.25) is 0 Å². The fourth-order valence-electron chi connectivity index (χ4n) is 1.26. The number of halogens is 3. The highest BCUT2D eigenvalue weighted by Crippen LogP contribution is 2.23. The Morgan fingerprint density at radius 3 is 2.39 bits per heavy atom. The molecular weight excluding hydrogens is 247 g/mol. The molecule has 0 amide bonds. The van der Waals surface area contributed by atoms with Crippen LogP contribution >= 0.6 is 0 Å². The first kappa shape index (κ1) is 12.2. The van der Waals surface area contributed by atoms with E-state index in [4.69, 9.17) is 4.42 Å². The van der Waals surface area contributed by atoms with E-state index in [1.165, 1.54) is 36.7 Å². The summed E-state index contributed by atoms with van der Waals surface area (Å²) in [5.74, 6) is 0.168. The van der Waals surface area contributed by atoms with Gasteiger partial charge in [-0.25, -0.2) is 4.98 Å². The number of hydrogen-bond acceptors (Lipinski definition) is 3. The van der Waals surface area contributed by atoms with Crippen molar-refractivity contribution in [2.75, 3.05) is 0 Å². The van der Waals surface area contributed by atoms with Gasteiger partial charge in [-0.15, -0.1) is 13.2 Å². The topological polar surface area (TPSA) is 35.3 Å². The van der Waals surface area contributed by atoms with E-state index in [0.717, 1.165) is 0 Å². The minimum absolute atomic E-state index is 0.254. The third-order valence-electron chi connectivity index (χ3n) is 1.98. The number of aromatic nitrogens is 1. The summed E-state index contributed by atoms with van der Waals surface area (Å²) < 4.78 is 44.5. The molecule has 0 atom stereocenters. The summed E-state index contributed by atoms with van der Waals surface area (Å²) in [5.41, 5.74) is 0.711. The zero-order chi connectivity index (χ0) is 13.0. The SMILES string of the molecule is FC(F)(F)Oc1ccc(/C=C/c2ncco2)cc1. The monoisotopic (exact) mass is 255 g/mol. The van der Waals surface area contributed by atoms with Crippen LogP contribution in [0, 0.1) is 0 Å². The van der Waals surface area contributed by atoms with Crippen LogP contribution in [0.25, 0.3) is 12.2 Å². The third kappa shape index (κ3) is 3.65. The number of hydrogen-bond donors (Lipinski definition) is 0. The average Bonchev–Trinajstić information content (AvgIpc) is 2.79. The van der Waals surface area contributed by atoms with Gasteiger partial charge in [-0.1, -0.05) is 12.1 Å². The molecule has 1 heterocycles. The van der Waals surface area contributed by atoms with Crippen molar-refractivity contribution in [1.82, 2.24) is 4.98 Å². The van der Waals surface area contributed by atoms with Crippen molar-refractivity contribution >= 4 is 12.2 Å². The van der Waals surface area contributed by atoms with E-state index in [0.29, 0.717) is 11.5 Å². The predicted molar refractivity (Wildman–Crippen MR) is 58.6 cm³/mol. The number of alkyl halides is 3. The maximum absolute atomic E-state index is 11.9. The highest BCUT2D eigenvalue weighted by molar-refractivity contribution is 5.66. The van der Waals surface area contributed by atoms with Gasteiger partial charge in [0.1, 0.15) is 12.0 Å². The molecule has 94 valence electrons. The molecule has 0 bridgehead atoms. The molecule has 0 spiro atoms. The van der Waals surface area contributed by atoms with Gasteiger partial charge in [0.2, 0.25) is 5.89 Å². The molecule has 0 aliphatic heterocycles. The molecule has 1 aromatic carbocycles. The Balaban J connectivity index is 2.04. The summed E-state index contributed by atoms with van der Waals surface area (Å²) >= 11 is 0. The zero-order valence-electron chi connectivity index (χ0n) is 9.02. The molecule has 2 aromatic rings. The molecule has 1 aromatic heterocycles. The van der Waals surface area contributed by atoms with Crippen LogP contribution in [0.3, 0.4) is 0 Å². The first-order valence-electron chi connectivity index (χ1n) is 4.96. The lowest BCUT2D eigenvalue weighted by Gasteiger charge is -2.08. The standard InChI is InChI=1S/C12H8F3NO2/c13-12(14,15)18-10-4-1-9(2-5-10)3-6-11-16-7-8-17-11/h1-8H/b6-3+. The van der Waals surface area contributed by atoms with Crippen LogP contribution in [-0.2, 0) is 0 Å². The summed E-state index contributed by atoms with van der Waals surface area (Å²) in [6, 6.07) is 5.48. The van der Waals surface area contributed by atoms with Gasteiger partial charge in [0.25, 0.3) is 0 Å². The van der Waals surface area contributed by atoms with E-state index in [9.17, 15) is 13.2 Å². The fourth-order valence-corrected chi connectivity index (χ4v) is 1.26. The van der Waals surface area contributed by atoms with E-state index in [-0.39, 0.29) is 5.75 Å². The molecule has 0 saturated carbocycles. The van der Waals surface area contributed by atoms with E-state index in [2.05, 4.69) is 9.72 Å². The number of nitrogens with zero attached hydrogens (tertiary/aromatic N) is 1. The Bertz CT molecular complexity index is 515. The van der Waals surface area contributed by atoms with Crippen molar-refractivity contribution < 1.29 is 22.3 Å². The Morgan fingerprint density at radius 1 is 1.11 bits per heavy atom. The second kappa shape index (κ2) is 4.95. The number of rotatable bonds is 3. The maximum Gasteiger partial charge on any atom is 0.573 e. The first-order chi connectivity index (χ1) is 8.53. The van der Waals surface area contributed by atoms with Crippen LogP contribution in [0.15, 0.2) is 41.1 Å². The van der Waals surface area contributed by atoms with Gasteiger partial charge in [0.15, 0.2) is 0 Å². The molecule has 0 N–H and O–H groups in total. The van der Waals surface area contributed by atoms with E-state index in [1.54, 1.807) is 12.2 Å². The second-order valence-corrected chi connectivity index (χ2v) is 3.32. The average molecular weight is 255 g/mol. The zero-order valence-corrected chi connectivity index (χ0v) is 9.02. The number of oxazole rings is 1. The molecule has 0 aliphatic carbocycles. The Morgan fingerprint density at radius 2 is 1.83 bits per heavy atom. The predicted octanol–water partition coefficient (Wildman–Crippen LogP) is 3.74. The Hall–Kier alpha value is -2.24. The van der Waals surface area contributed by atoms with Crippen LogP contribution < -0.4 is 4.74 Å². The molecule has 0 aliphatic rings. The quantitative estimate of drug-likeness (QED) is 0.837. The van der Waals surface area contributed by atoms with Gasteiger partial charge < -0.3 is 9.15 Å². The van der Waals surface area contributed by atoms with Crippen molar-refractivity contribution in [2.45, 2.75) is 6.36 Å². The van der Waals surface area contributed by atoms with Crippen molar-refractivity contribution in [1.29, 1.82) is 0 Å². The Kier molecular flexibility index (Phi) is 3.36. The molecule has 0 fully saturated rings. The normalized spacial score (nSPS) is 11.9. The lowest BCUT2D eigenvalue weighted by molar-refractivity contribution is -0.274. The van der Waals surface area contributed by atoms with Crippen molar-refractivity contribution in [3.05, 3.63) is 48.2 Å². The minimum atomic E-state index is -4.67. The summed E-state index contributed by atoms with van der Waals surface area (Å²) in [6.45, 7) is 0. The third-order valence-corrected chi connectivity index (χ3v) is 1.98. The fraction of sp³-hybridized carbons (Fsp3) is 0.0833. The summed E-state index contributed by atoms with van der Waals surface area (Å²) in [7, 11) is 0. The molecule has 2 rings (SSSR count). The van der Waals surface area contributed by atoms with Crippen molar-refractivity contribution in [3.8, 4) is 5.75 Å². The van der Waals surface area contributed by atoms with Gasteiger partial charge in [-0.05, 0) is 23.8 Å². The molecule has 0 saturated heterocycles. The molecular formula is C12H8F3NO2. The van der Waals surface area contributed by atoms with E-state index >= 15 is 0 Å². The van der Waals surface area contributed by atoms with Crippen LogP contribution in [0.1, 0.15) is 11.5 Å². The van der Waals surface area contributed by atoms with Crippen LogP contribution in [0.5, 0.6) is 5.75 Å². The van der Waals surface area contributed by atoms with Gasteiger partial charge in [0.05, 0.1) is 6.20 Å². The van der Waals surface area contributed by atoms with Crippen LogP contribution in [-0.4, -0.2) is 11.3 Å². The van der Waals surface area contributed by atoms with E-state index < -0.39 is 6.36 Å². The van der Waals surface area contributed by atoms with Crippen LogP contribution in [0.4, 0.5) is 13.2 Å². The summed E-state index contributed by atoms with van der Waals surface area (Å²) in [6.07, 6.45) is 1.54. The second-order valence-electron chi connectivity index (χ2n) is 3.32. The lowest BCUT2D eigenvalue weighted by atomic mass is 10.2. The molecule has 18 heavy (non-hydrogen) atoms. The van der Waals surface area contributed by atoms with Gasteiger partial charge in [-0.2, -0.15) is 0 Å². The summed E-state index contributed by atoms with van der Waals surface area (Å²) in [4.78, 5) is 3.87. The number of benzene rings is 1. The molecule has 6 heteroatoms.